The van der Waals surface area contributed by atoms with E-state index in [-0.39, 0.29) is 17.2 Å². The van der Waals surface area contributed by atoms with Crippen LogP contribution in [0.25, 0.3) is 0 Å². The monoisotopic (exact) mass is 449 g/mol. The molecule has 1 saturated carbocycles. The van der Waals surface area contributed by atoms with E-state index in [0.29, 0.717) is 19.0 Å². The molecule has 3 rings (SSSR count). The first-order chi connectivity index (χ1) is 15.3. The predicted octanol–water partition coefficient (Wildman–Crippen LogP) is 2.21. The number of methoxy groups -OCH3 is 2. The second-order valence-electron chi connectivity index (χ2n) is 10.1. The first-order valence-electron chi connectivity index (χ1n) is 12.1. The Labute approximate surface area is 193 Å². The van der Waals surface area contributed by atoms with Gasteiger partial charge in [0.2, 0.25) is 5.91 Å². The molecule has 0 atom stereocenters. The van der Waals surface area contributed by atoms with E-state index in [1.807, 2.05) is 18.7 Å². The number of nitrogens with zero attached hydrogens (tertiary/aromatic N) is 4. The van der Waals surface area contributed by atoms with Crippen LogP contribution in [0, 0.1) is 11.3 Å². The number of carbonyl (C=O) groups is 1. The third-order valence-electron chi connectivity index (χ3n) is 7.19. The molecule has 1 fully saturated rings. The first-order valence-corrected chi connectivity index (χ1v) is 12.1. The van der Waals surface area contributed by atoms with Gasteiger partial charge in [0, 0.05) is 57.3 Å². The third-order valence-corrected chi connectivity index (χ3v) is 7.19. The summed E-state index contributed by atoms with van der Waals surface area (Å²) in [5, 5.41) is 5.04. The van der Waals surface area contributed by atoms with Crippen LogP contribution >= 0.6 is 0 Å². The number of nitrogens with two attached hydrogens (primary N) is 1. The summed E-state index contributed by atoms with van der Waals surface area (Å²) in [6, 6.07) is 0. The largest absolute Gasteiger partial charge is 0.384 e. The average Bonchev–Trinajstić information content (AvgIpc) is 3.11. The van der Waals surface area contributed by atoms with E-state index >= 15 is 0 Å². The van der Waals surface area contributed by atoms with Crippen molar-refractivity contribution in [1.29, 1.82) is 0 Å². The summed E-state index contributed by atoms with van der Waals surface area (Å²) in [4.78, 5) is 17.0. The molecule has 1 aliphatic heterocycles. The zero-order valence-electron chi connectivity index (χ0n) is 20.7. The smallest absolute Gasteiger partial charge is 0.225 e. The molecule has 8 nitrogen and oxygen atoms in total. The highest BCUT2D eigenvalue weighted by molar-refractivity contribution is 5.78. The second kappa shape index (κ2) is 11.1. The summed E-state index contributed by atoms with van der Waals surface area (Å²) < 4.78 is 13.3. The number of hydrogen-bond donors (Lipinski definition) is 1. The van der Waals surface area contributed by atoms with E-state index in [4.69, 9.17) is 20.3 Å². The van der Waals surface area contributed by atoms with Gasteiger partial charge < -0.3 is 20.1 Å². The van der Waals surface area contributed by atoms with Gasteiger partial charge in [-0.25, -0.2) is 0 Å². The van der Waals surface area contributed by atoms with Crippen molar-refractivity contribution in [2.24, 2.45) is 17.1 Å². The highest BCUT2D eigenvalue weighted by Crippen LogP contribution is 2.45. The van der Waals surface area contributed by atoms with Crippen molar-refractivity contribution < 1.29 is 14.3 Å². The normalized spacial score (nSPS) is 19.1. The summed E-state index contributed by atoms with van der Waals surface area (Å²) in [6.45, 7) is 9.88. The Hall–Kier alpha value is -1.48. The van der Waals surface area contributed by atoms with Gasteiger partial charge in [-0.1, -0.05) is 13.8 Å². The summed E-state index contributed by atoms with van der Waals surface area (Å²) in [6.07, 6.45) is 4.35. The van der Waals surface area contributed by atoms with Crippen molar-refractivity contribution >= 4 is 5.91 Å². The van der Waals surface area contributed by atoms with Gasteiger partial charge >= 0.3 is 0 Å². The van der Waals surface area contributed by atoms with Gasteiger partial charge in [0.1, 0.15) is 0 Å². The van der Waals surface area contributed by atoms with E-state index in [2.05, 4.69) is 16.6 Å². The first kappa shape index (κ1) is 25.1. The molecule has 32 heavy (non-hydrogen) atoms. The number of carbonyl (C=O) groups excluding carboxylic acids is 1. The second-order valence-corrected chi connectivity index (χ2v) is 10.1. The number of amides is 1. The van der Waals surface area contributed by atoms with Crippen LogP contribution < -0.4 is 5.73 Å². The molecule has 2 heterocycles. The molecule has 0 aromatic carbocycles. The van der Waals surface area contributed by atoms with Gasteiger partial charge in [-0.3, -0.25) is 14.4 Å². The van der Waals surface area contributed by atoms with Crippen LogP contribution in [0.4, 0.5) is 0 Å². The van der Waals surface area contributed by atoms with Crippen molar-refractivity contribution in [1.82, 2.24) is 19.6 Å². The van der Waals surface area contributed by atoms with Gasteiger partial charge in [-0.15, -0.1) is 0 Å². The lowest BCUT2D eigenvalue weighted by Crippen LogP contribution is -2.41. The summed E-state index contributed by atoms with van der Waals surface area (Å²) >= 11 is 0. The van der Waals surface area contributed by atoms with E-state index in [9.17, 15) is 4.79 Å². The molecule has 2 aliphatic rings. The quantitative estimate of drug-likeness (QED) is 0.589. The molecule has 1 aromatic rings. The fourth-order valence-corrected chi connectivity index (χ4v) is 5.55. The number of hydrogen-bond acceptors (Lipinski definition) is 6. The van der Waals surface area contributed by atoms with Gasteiger partial charge in [-0.2, -0.15) is 5.10 Å². The Bertz CT molecular complexity index is 747. The molecule has 1 aliphatic carbocycles. The number of ether oxygens (including phenoxy) is 2. The van der Waals surface area contributed by atoms with Crippen molar-refractivity contribution in [2.75, 3.05) is 54.1 Å². The molecule has 0 unspecified atom stereocenters. The maximum Gasteiger partial charge on any atom is 0.225 e. The number of likely N-dealkylation sites (N-methyl/N-ethyl adjacent to an activating group) is 1. The summed E-state index contributed by atoms with van der Waals surface area (Å²) in [7, 11) is 5.67. The van der Waals surface area contributed by atoms with Crippen LogP contribution in [0.3, 0.4) is 0 Å². The lowest BCUT2D eigenvalue weighted by Gasteiger charge is -2.40. The fraction of sp³-hybridized carbons (Fsp3) is 0.833. The maximum absolute atomic E-state index is 12.7. The van der Waals surface area contributed by atoms with E-state index in [0.717, 1.165) is 70.8 Å². The zero-order valence-corrected chi connectivity index (χ0v) is 20.7. The fourth-order valence-electron chi connectivity index (χ4n) is 5.55. The van der Waals surface area contributed by atoms with Crippen LogP contribution in [0.1, 0.15) is 62.4 Å². The lowest BCUT2D eigenvalue weighted by atomic mass is 9.69. The van der Waals surface area contributed by atoms with Crippen molar-refractivity contribution in [3.8, 4) is 0 Å². The minimum atomic E-state index is 0.0152. The molecule has 8 heteroatoms. The maximum atomic E-state index is 12.7. The molecule has 0 saturated heterocycles. The van der Waals surface area contributed by atoms with Gasteiger partial charge in [-0.05, 0) is 38.6 Å². The summed E-state index contributed by atoms with van der Waals surface area (Å²) in [5.41, 5.74) is 9.66. The average molecular weight is 450 g/mol. The van der Waals surface area contributed by atoms with Gasteiger partial charge in [0.25, 0.3) is 0 Å². The van der Waals surface area contributed by atoms with Crippen molar-refractivity contribution in [3.63, 3.8) is 0 Å². The van der Waals surface area contributed by atoms with Crippen LogP contribution in [0.15, 0.2) is 0 Å². The Morgan fingerprint density at radius 3 is 2.44 bits per heavy atom. The lowest BCUT2D eigenvalue weighted by molar-refractivity contribution is -0.136. The summed E-state index contributed by atoms with van der Waals surface area (Å²) in [5.74, 6) is 0.700. The van der Waals surface area contributed by atoms with Crippen molar-refractivity contribution in [2.45, 2.75) is 65.1 Å². The minimum absolute atomic E-state index is 0.0152. The van der Waals surface area contributed by atoms with E-state index in [1.54, 1.807) is 14.2 Å². The molecule has 1 amide bonds. The topological polar surface area (TPSA) is 85.8 Å². The molecule has 182 valence electrons. The number of aromatic nitrogens is 2. The highest BCUT2D eigenvalue weighted by atomic mass is 16.5. The standard InChI is InChI=1S/C24H43N5O3/c1-18(2)23(30)28-12-13-29-21(15-28)22(20(26-29)14-27(3)11-10-25)19-6-8-24(9-7-19,16-31-4)17-32-5/h18-19H,6-17,25H2,1-5H3. The molecule has 2 N–H and O–H groups in total. The zero-order chi connectivity index (χ0) is 23.3. The Morgan fingerprint density at radius 1 is 1.22 bits per heavy atom. The Kier molecular flexibility index (Phi) is 8.72. The molecular formula is C24H43N5O3. The minimum Gasteiger partial charge on any atom is -0.384 e. The van der Waals surface area contributed by atoms with Crippen LogP contribution in [-0.4, -0.2) is 79.6 Å². The van der Waals surface area contributed by atoms with Crippen LogP contribution in [-0.2, 0) is 33.9 Å². The molecule has 0 radical (unpaired) electrons. The molecule has 0 spiro atoms. The molecule has 0 bridgehead atoms. The van der Waals surface area contributed by atoms with E-state index in [1.165, 1.54) is 11.3 Å². The third kappa shape index (κ3) is 5.53. The van der Waals surface area contributed by atoms with Gasteiger partial charge in [0.05, 0.1) is 37.7 Å². The SMILES string of the molecule is COCC1(COC)CCC(c2c(CN(C)CCN)nn3c2CN(C(=O)C(C)C)CC3)CC1. The van der Waals surface area contributed by atoms with Crippen molar-refractivity contribution in [3.05, 3.63) is 17.0 Å². The van der Waals surface area contributed by atoms with Crippen LogP contribution in [0.5, 0.6) is 0 Å². The predicted molar refractivity (Wildman–Crippen MR) is 125 cm³/mol. The Balaban J connectivity index is 1.88. The van der Waals surface area contributed by atoms with Crippen LogP contribution in [0.2, 0.25) is 0 Å². The van der Waals surface area contributed by atoms with E-state index < -0.39 is 0 Å². The van der Waals surface area contributed by atoms with Gasteiger partial charge in [0.15, 0.2) is 0 Å². The Morgan fingerprint density at radius 2 is 1.88 bits per heavy atom. The number of fused-ring (bicyclic) bond motifs is 1. The molecular weight excluding hydrogens is 406 g/mol. The molecule has 1 aromatic heterocycles. The highest BCUT2D eigenvalue weighted by Gasteiger charge is 2.39. The number of rotatable bonds is 10.